The van der Waals surface area contributed by atoms with E-state index in [1.807, 2.05) is 0 Å². The molecule has 0 bridgehead atoms. The van der Waals surface area contributed by atoms with Crippen LogP contribution in [0.15, 0.2) is 231 Å². The van der Waals surface area contributed by atoms with Gasteiger partial charge in [-0.2, -0.15) is 0 Å². The van der Waals surface area contributed by atoms with Crippen LogP contribution >= 0.6 is 0 Å². The van der Waals surface area contributed by atoms with Crippen molar-refractivity contribution in [2.75, 3.05) is 9.80 Å². The first-order valence-electron chi connectivity index (χ1n) is 19.8. The third kappa shape index (κ3) is 5.46. The van der Waals surface area contributed by atoms with Gasteiger partial charge < -0.3 is 18.9 Å². The average molecular weight is 743 g/mol. The highest BCUT2D eigenvalue weighted by molar-refractivity contribution is 6.13. The molecule has 0 saturated carbocycles. The lowest BCUT2D eigenvalue weighted by atomic mass is 10.1. The molecule has 9 aromatic carbocycles. The number of benzene rings is 9. The highest BCUT2D eigenvalue weighted by Crippen LogP contribution is 2.46. The molecule has 0 spiro atoms. The van der Waals surface area contributed by atoms with Crippen LogP contribution in [-0.2, 0) is 0 Å². The van der Waals surface area contributed by atoms with Gasteiger partial charge in [-0.3, -0.25) is 0 Å². The standard InChI is InChI=1S/C54H38N4/c1-5-20-39(21-6-1)55(40-22-7-2-8-23-40)43-36-37-51-47(38-43)46-30-15-18-33-50(46)58(51)54-52(56(41-24-9-3-10-25-41)42-26-11-4-12-27-42)34-19-35-53(54)57-48-31-16-13-28-44(48)45-29-14-17-32-49(45)57/h1-38H. The lowest BCUT2D eigenvalue weighted by Crippen LogP contribution is -2.15. The molecular formula is C54H38N4. The van der Waals surface area contributed by atoms with Gasteiger partial charge in [0.15, 0.2) is 0 Å². The fourth-order valence-corrected chi connectivity index (χ4v) is 8.82. The Morgan fingerprint density at radius 2 is 0.655 bits per heavy atom. The van der Waals surface area contributed by atoms with E-state index in [1.54, 1.807) is 0 Å². The minimum absolute atomic E-state index is 1.07. The summed E-state index contributed by atoms with van der Waals surface area (Å²) in [7, 11) is 0. The molecule has 2 aromatic heterocycles. The second-order valence-electron chi connectivity index (χ2n) is 14.6. The van der Waals surface area contributed by atoms with Gasteiger partial charge in [0, 0.05) is 50.0 Å². The van der Waals surface area contributed by atoms with Crippen LogP contribution in [0.4, 0.5) is 34.1 Å². The SMILES string of the molecule is c1ccc(N(c2ccccc2)c2ccc3c(c2)c2ccccc2n3-c2c(N(c3ccccc3)c3ccccc3)cccc2-n2c3ccccc3c3ccccc32)cc1. The van der Waals surface area contributed by atoms with Crippen LogP contribution in [0.5, 0.6) is 0 Å². The monoisotopic (exact) mass is 742 g/mol. The van der Waals surface area contributed by atoms with E-state index in [0.29, 0.717) is 0 Å². The first-order chi connectivity index (χ1) is 28.8. The number of hydrogen-bond donors (Lipinski definition) is 0. The second kappa shape index (κ2) is 14.0. The Hall–Kier alpha value is -7.82. The Morgan fingerprint density at radius 1 is 0.259 bits per heavy atom. The van der Waals surface area contributed by atoms with Gasteiger partial charge in [-0.25, -0.2) is 0 Å². The molecule has 0 atom stereocenters. The molecule has 4 nitrogen and oxygen atoms in total. The van der Waals surface area contributed by atoms with Crippen molar-refractivity contribution >= 4 is 77.7 Å². The number of rotatable bonds is 8. The zero-order valence-corrected chi connectivity index (χ0v) is 31.7. The van der Waals surface area contributed by atoms with E-state index in [1.165, 1.54) is 21.5 Å². The topological polar surface area (TPSA) is 16.3 Å². The molecule has 0 N–H and O–H groups in total. The average Bonchev–Trinajstić information content (AvgIpc) is 3.80. The van der Waals surface area contributed by atoms with Gasteiger partial charge in [-0.1, -0.05) is 133 Å². The van der Waals surface area contributed by atoms with Gasteiger partial charge in [0.2, 0.25) is 0 Å². The largest absolute Gasteiger partial charge is 0.310 e. The zero-order valence-electron chi connectivity index (χ0n) is 31.7. The summed E-state index contributed by atoms with van der Waals surface area (Å²) in [6, 6.07) is 82.8. The smallest absolute Gasteiger partial charge is 0.0946 e. The number of anilines is 6. The Labute approximate surface area is 337 Å². The van der Waals surface area contributed by atoms with Crippen molar-refractivity contribution in [2.24, 2.45) is 0 Å². The summed E-state index contributed by atoms with van der Waals surface area (Å²) in [6.07, 6.45) is 0. The van der Waals surface area contributed by atoms with Crippen molar-refractivity contribution in [2.45, 2.75) is 0 Å². The number of para-hydroxylation sites is 8. The summed E-state index contributed by atoms with van der Waals surface area (Å²) >= 11 is 0. The first kappa shape index (κ1) is 33.5. The summed E-state index contributed by atoms with van der Waals surface area (Å²) in [6.45, 7) is 0. The highest BCUT2D eigenvalue weighted by atomic mass is 15.2. The van der Waals surface area contributed by atoms with E-state index >= 15 is 0 Å². The summed E-state index contributed by atoms with van der Waals surface area (Å²) in [4.78, 5) is 4.74. The third-order valence-corrected chi connectivity index (χ3v) is 11.3. The summed E-state index contributed by atoms with van der Waals surface area (Å²) in [5.41, 5.74) is 13.3. The Morgan fingerprint density at radius 3 is 1.16 bits per heavy atom. The zero-order chi connectivity index (χ0) is 38.4. The van der Waals surface area contributed by atoms with Crippen molar-refractivity contribution in [1.82, 2.24) is 9.13 Å². The van der Waals surface area contributed by atoms with E-state index in [9.17, 15) is 0 Å². The minimum Gasteiger partial charge on any atom is -0.310 e. The van der Waals surface area contributed by atoms with Crippen molar-refractivity contribution in [3.8, 4) is 11.4 Å². The van der Waals surface area contributed by atoms with E-state index in [4.69, 9.17) is 0 Å². The predicted molar refractivity (Wildman–Crippen MR) is 244 cm³/mol. The quantitative estimate of drug-likeness (QED) is 0.154. The number of fused-ring (bicyclic) bond motifs is 6. The molecule has 4 heteroatoms. The van der Waals surface area contributed by atoms with Crippen LogP contribution in [0.25, 0.3) is 55.0 Å². The van der Waals surface area contributed by atoms with E-state index in [-0.39, 0.29) is 0 Å². The molecule has 0 aliphatic carbocycles. The molecule has 0 saturated heterocycles. The normalized spacial score (nSPS) is 11.4. The molecular weight excluding hydrogens is 705 g/mol. The maximum atomic E-state index is 2.50. The van der Waals surface area contributed by atoms with Crippen LogP contribution in [0.2, 0.25) is 0 Å². The Kier molecular flexibility index (Phi) is 8.11. The lowest BCUT2D eigenvalue weighted by Gasteiger charge is -2.30. The number of aromatic nitrogens is 2. The molecule has 0 unspecified atom stereocenters. The fraction of sp³-hybridized carbons (Fsp3) is 0. The lowest BCUT2D eigenvalue weighted by molar-refractivity contribution is 1.08. The maximum absolute atomic E-state index is 2.50. The number of nitrogens with zero attached hydrogens (tertiary/aromatic N) is 4. The second-order valence-corrected chi connectivity index (χ2v) is 14.6. The summed E-state index contributed by atoms with van der Waals surface area (Å²) in [5, 5.41) is 4.82. The third-order valence-electron chi connectivity index (χ3n) is 11.3. The summed E-state index contributed by atoms with van der Waals surface area (Å²) in [5.74, 6) is 0. The Balaban J connectivity index is 1.26. The molecule has 0 aliphatic rings. The van der Waals surface area contributed by atoms with Gasteiger partial charge >= 0.3 is 0 Å². The highest BCUT2D eigenvalue weighted by Gasteiger charge is 2.26. The molecule has 11 aromatic rings. The van der Waals surface area contributed by atoms with Crippen molar-refractivity contribution in [3.05, 3.63) is 231 Å². The van der Waals surface area contributed by atoms with Crippen LogP contribution < -0.4 is 9.80 Å². The van der Waals surface area contributed by atoms with Gasteiger partial charge in [0.1, 0.15) is 0 Å². The minimum atomic E-state index is 1.07. The van der Waals surface area contributed by atoms with Gasteiger partial charge in [-0.15, -0.1) is 0 Å². The Bertz CT molecular complexity index is 3090. The molecule has 274 valence electrons. The van der Waals surface area contributed by atoms with Crippen LogP contribution in [-0.4, -0.2) is 9.13 Å². The molecule has 0 aliphatic heterocycles. The summed E-state index contributed by atoms with van der Waals surface area (Å²) < 4.78 is 4.95. The molecule has 58 heavy (non-hydrogen) atoms. The van der Waals surface area contributed by atoms with Crippen molar-refractivity contribution in [3.63, 3.8) is 0 Å². The molecule has 2 heterocycles. The van der Waals surface area contributed by atoms with E-state index < -0.39 is 0 Å². The molecule has 0 fully saturated rings. The van der Waals surface area contributed by atoms with Gasteiger partial charge in [0.25, 0.3) is 0 Å². The van der Waals surface area contributed by atoms with Gasteiger partial charge in [-0.05, 0) is 97.1 Å². The first-order valence-corrected chi connectivity index (χ1v) is 19.8. The van der Waals surface area contributed by atoms with Crippen LogP contribution in [0, 0.1) is 0 Å². The maximum Gasteiger partial charge on any atom is 0.0946 e. The van der Waals surface area contributed by atoms with Crippen LogP contribution in [0.3, 0.4) is 0 Å². The van der Waals surface area contributed by atoms with Crippen molar-refractivity contribution in [1.29, 1.82) is 0 Å². The van der Waals surface area contributed by atoms with E-state index in [2.05, 4.69) is 249 Å². The van der Waals surface area contributed by atoms with Crippen molar-refractivity contribution < 1.29 is 0 Å². The molecule has 0 amide bonds. The van der Waals surface area contributed by atoms with Gasteiger partial charge in [0.05, 0.1) is 39.1 Å². The van der Waals surface area contributed by atoms with E-state index in [0.717, 1.165) is 67.6 Å². The fourth-order valence-electron chi connectivity index (χ4n) is 8.82. The molecule has 11 rings (SSSR count). The van der Waals surface area contributed by atoms with Crippen LogP contribution in [0.1, 0.15) is 0 Å². The predicted octanol–water partition coefficient (Wildman–Crippen LogP) is 14.8. The molecule has 0 radical (unpaired) electrons. The number of hydrogen-bond acceptors (Lipinski definition) is 2.